The number of ether oxygens (including phenoxy) is 6. The van der Waals surface area contributed by atoms with E-state index in [0.717, 1.165) is 11.0 Å². The average Bonchev–Trinajstić information content (AvgIpc) is 3.59. The third-order valence-electron chi connectivity index (χ3n) is 9.43. The molecule has 4 heterocycles. The second-order valence-electron chi connectivity index (χ2n) is 13.7. The highest BCUT2D eigenvalue weighted by molar-refractivity contribution is 6.31. The lowest BCUT2D eigenvalue weighted by molar-refractivity contribution is -0.338. The van der Waals surface area contributed by atoms with Crippen LogP contribution in [0, 0.1) is 0 Å². The van der Waals surface area contributed by atoms with Crippen LogP contribution in [0.1, 0.15) is 20.3 Å². The number of rotatable bonds is 16. The number of nitrogens with two attached hydrogens (primary N) is 1. The van der Waals surface area contributed by atoms with Crippen molar-refractivity contribution in [3.8, 4) is 0 Å². The molecule has 59 heavy (non-hydrogen) atoms. The smallest absolute Gasteiger partial charge is 0.264 e. The Hall–Kier alpha value is -3.79. The maximum absolute atomic E-state index is 13.9. The van der Waals surface area contributed by atoms with Gasteiger partial charge in [-0.3, -0.25) is 19.3 Å². The summed E-state index contributed by atoms with van der Waals surface area (Å²) >= 11 is 11.9. The quantitative estimate of drug-likeness (QED) is 0.0496. The van der Waals surface area contributed by atoms with Gasteiger partial charge in [-0.25, -0.2) is 0 Å². The molecule has 0 aromatic heterocycles. The SMILES string of the molecule is CO[C@@H]1[C@H](O[C@@H]2CO[C@@H](O[C@@H]3[C@@H](O)[C@H](O)CO[C@H]3N3C(=O)\C(=C(O)/C=C/C=C/C=C/C=C/C=C(Cl)\C=C\C=C\C=C(/C)Cl)C(=O)[C@@H]3CC(N)=O)[C@@H](O)[C@@H]2O)O[C@H](C)[C@H]1O. The van der Waals surface area contributed by atoms with Gasteiger partial charge in [0.15, 0.2) is 24.6 Å². The van der Waals surface area contributed by atoms with Gasteiger partial charge in [-0.05, 0) is 38.2 Å². The minimum absolute atomic E-state index is 0.406. The van der Waals surface area contributed by atoms with Gasteiger partial charge in [-0.2, -0.15) is 0 Å². The van der Waals surface area contributed by atoms with Gasteiger partial charge in [-0.15, -0.1) is 0 Å². The molecule has 8 N–H and O–H groups in total. The number of likely N-dealkylation sites (tertiary alicyclic amines) is 1. The first kappa shape index (κ1) is 47.9. The molecule has 324 valence electrons. The van der Waals surface area contributed by atoms with Crippen LogP contribution in [0.3, 0.4) is 0 Å². The van der Waals surface area contributed by atoms with Gasteiger partial charge in [0, 0.05) is 17.2 Å². The fraction of sp³-hybridized carbons (Fsp3) is 0.475. The summed E-state index contributed by atoms with van der Waals surface area (Å²) < 4.78 is 33.7. The standard InChI is InChI=1S/C40H50Cl2N2O15/c1-21(41)14-10-9-12-16-23(42)15-11-7-5-4-6-8-13-17-25(45)29-31(49)24(18-28(43)47)44(37(29)53)38-35(32(50)26(46)19-55-38)59-39-34(52)33(51)27(20-56-39)58-40-36(54-3)30(48)22(2)57-40/h4-17,22,24,26-27,30,32-36,38-40,45-46,48,50-52H,18-20H2,1-3H3,(H2,43,47)/b5-4+,8-6+,10-9+,11-7+,16-12+,17-13+,21-14+,23-15+,29-25+/t22-,24+,26-,27-,30-,32+,33-,34+,35-,36+,38-,39+,40+/m1/s1. The molecule has 0 aliphatic carbocycles. The molecule has 0 spiro atoms. The highest BCUT2D eigenvalue weighted by atomic mass is 35.5. The first-order valence-electron chi connectivity index (χ1n) is 18.5. The molecule has 4 aliphatic heterocycles. The van der Waals surface area contributed by atoms with Crippen molar-refractivity contribution in [2.24, 2.45) is 5.73 Å². The number of primary amides is 1. The molecule has 4 saturated heterocycles. The highest BCUT2D eigenvalue weighted by Gasteiger charge is 2.56. The maximum atomic E-state index is 13.9. The summed E-state index contributed by atoms with van der Waals surface area (Å²) in [5.74, 6) is -3.84. The zero-order valence-corrected chi connectivity index (χ0v) is 33.9. The maximum Gasteiger partial charge on any atom is 0.264 e. The van der Waals surface area contributed by atoms with Crippen LogP contribution in [0.5, 0.6) is 0 Å². The number of carbonyl (C=O) groups is 3. The van der Waals surface area contributed by atoms with Crippen molar-refractivity contribution in [1.82, 2.24) is 4.90 Å². The number of hydrogen-bond acceptors (Lipinski definition) is 15. The van der Waals surface area contributed by atoms with E-state index in [9.17, 15) is 45.0 Å². The van der Waals surface area contributed by atoms with Gasteiger partial charge in [-0.1, -0.05) is 84.0 Å². The van der Waals surface area contributed by atoms with E-state index in [-0.39, 0.29) is 0 Å². The summed E-state index contributed by atoms with van der Waals surface area (Å²) in [5, 5.41) is 65.8. The fourth-order valence-electron chi connectivity index (χ4n) is 6.39. The summed E-state index contributed by atoms with van der Waals surface area (Å²) in [6, 6.07) is -1.63. The van der Waals surface area contributed by atoms with E-state index in [1.165, 1.54) is 19.3 Å². The molecule has 0 unspecified atom stereocenters. The number of hydrogen-bond donors (Lipinski definition) is 7. The first-order chi connectivity index (χ1) is 28.1. The lowest BCUT2D eigenvalue weighted by atomic mass is 10.0. The highest BCUT2D eigenvalue weighted by Crippen LogP contribution is 2.35. The number of halogens is 2. The topological polar surface area (TPSA) is 257 Å². The Kier molecular flexibility index (Phi) is 18.4. The molecule has 0 saturated carbocycles. The van der Waals surface area contributed by atoms with Crippen LogP contribution in [0.15, 0.2) is 106 Å². The van der Waals surface area contributed by atoms with Crippen molar-refractivity contribution >= 4 is 40.8 Å². The third-order valence-corrected chi connectivity index (χ3v) is 9.81. The number of methoxy groups -OCH3 is 1. The van der Waals surface area contributed by atoms with Crippen molar-refractivity contribution in [3.63, 3.8) is 0 Å². The molecule has 4 rings (SSSR count). The van der Waals surface area contributed by atoms with E-state index < -0.39 is 128 Å². The Bertz CT molecular complexity index is 1770. The predicted octanol–water partition coefficient (Wildman–Crippen LogP) is 1.10. The van der Waals surface area contributed by atoms with Gasteiger partial charge in [0.1, 0.15) is 66.2 Å². The molecule has 0 aromatic rings. The van der Waals surface area contributed by atoms with E-state index in [2.05, 4.69) is 0 Å². The Morgan fingerprint density at radius 2 is 1.44 bits per heavy atom. The van der Waals surface area contributed by atoms with E-state index in [1.807, 2.05) is 0 Å². The number of aliphatic hydroxyl groups is 6. The monoisotopic (exact) mass is 868 g/mol. The van der Waals surface area contributed by atoms with Gasteiger partial charge in [0.2, 0.25) is 5.91 Å². The van der Waals surface area contributed by atoms with E-state index >= 15 is 0 Å². The molecule has 0 bridgehead atoms. The van der Waals surface area contributed by atoms with Crippen LogP contribution in [0.25, 0.3) is 0 Å². The van der Waals surface area contributed by atoms with Crippen molar-refractivity contribution in [2.75, 3.05) is 20.3 Å². The lowest BCUT2D eigenvalue weighted by Crippen LogP contribution is -2.65. The minimum Gasteiger partial charge on any atom is -0.507 e. The lowest BCUT2D eigenvalue weighted by Gasteiger charge is -2.46. The number of ketones is 1. The van der Waals surface area contributed by atoms with Crippen molar-refractivity contribution in [2.45, 2.75) is 100 Å². The molecule has 4 fully saturated rings. The molecule has 2 amide bonds. The van der Waals surface area contributed by atoms with E-state index in [0.29, 0.717) is 10.1 Å². The van der Waals surface area contributed by atoms with Crippen LogP contribution < -0.4 is 5.73 Å². The van der Waals surface area contributed by atoms with E-state index in [1.54, 1.807) is 80.7 Å². The van der Waals surface area contributed by atoms with Crippen LogP contribution >= 0.6 is 23.2 Å². The Labute approximate surface area is 350 Å². The summed E-state index contributed by atoms with van der Waals surface area (Å²) in [7, 11) is 1.34. The van der Waals surface area contributed by atoms with Crippen LogP contribution in [0.4, 0.5) is 0 Å². The molecule has 19 heteroatoms. The predicted molar refractivity (Wildman–Crippen MR) is 212 cm³/mol. The summed E-state index contributed by atoms with van der Waals surface area (Å²) in [6.07, 6.45) is 4.97. The zero-order chi connectivity index (χ0) is 43.4. The van der Waals surface area contributed by atoms with Gasteiger partial charge in [0.25, 0.3) is 5.91 Å². The minimum atomic E-state index is -1.86. The number of aliphatic hydroxyl groups excluding tert-OH is 6. The number of amides is 2. The molecule has 0 aromatic carbocycles. The first-order valence-corrected chi connectivity index (χ1v) is 19.2. The van der Waals surface area contributed by atoms with E-state index in [4.69, 9.17) is 57.4 Å². The van der Waals surface area contributed by atoms with Crippen molar-refractivity contribution in [1.29, 1.82) is 0 Å². The van der Waals surface area contributed by atoms with Gasteiger partial charge < -0.3 is 64.8 Å². The van der Waals surface area contributed by atoms with Crippen LogP contribution in [-0.2, 0) is 42.8 Å². The van der Waals surface area contributed by atoms with Crippen LogP contribution in [0.2, 0.25) is 0 Å². The van der Waals surface area contributed by atoms with Gasteiger partial charge in [0.05, 0.1) is 25.7 Å². The second-order valence-corrected chi connectivity index (χ2v) is 14.8. The molecular formula is C40H50Cl2N2O15. The molecule has 17 nitrogen and oxygen atoms in total. The second kappa shape index (κ2) is 22.7. The molecule has 0 radical (unpaired) electrons. The Balaban J connectivity index is 1.45. The fourth-order valence-corrected chi connectivity index (χ4v) is 6.61. The average molecular weight is 870 g/mol. The molecular weight excluding hydrogens is 819 g/mol. The molecule has 4 aliphatic rings. The normalized spacial score (nSPS) is 36.3. The van der Waals surface area contributed by atoms with Gasteiger partial charge >= 0.3 is 0 Å². The molecule has 13 atom stereocenters. The number of nitrogens with zero attached hydrogens (tertiary/aromatic N) is 1. The summed E-state index contributed by atoms with van der Waals surface area (Å²) in [4.78, 5) is 40.3. The third kappa shape index (κ3) is 12.6. The van der Waals surface area contributed by atoms with Crippen molar-refractivity contribution < 1.29 is 73.4 Å². The largest absolute Gasteiger partial charge is 0.507 e. The van der Waals surface area contributed by atoms with Crippen LogP contribution in [-0.4, -0.2) is 153 Å². The number of Topliss-reactive ketones (excluding diaryl/α,β-unsaturated/α-hetero) is 1. The van der Waals surface area contributed by atoms with Crippen molar-refractivity contribution in [3.05, 3.63) is 106 Å². The number of allylic oxidation sites excluding steroid dienone is 16. The Morgan fingerprint density at radius 1 is 0.814 bits per heavy atom. The summed E-state index contributed by atoms with van der Waals surface area (Å²) in [6.45, 7) is 2.39. The zero-order valence-electron chi connectivity index (χ0n) is 32.3. The summed E-state index contributed by atoms with van der Waals surface area (Å²) in [5.41, 5.74) is 4.71. The Morgan fingerprint density at radius 3 is 2.10 bits per heavy atom. The number of carbonyl (C=O) groups excluding carboxylic acids is 3.